The molecule has 0 bridgehead atoms. The third kappa shape index (κ3) is 3.04. The maximum atomic E-state index is 5.79. The third-order valence-electron chi connectivity index (χ3n) is 3.37. The second-order valence-electron chi connectivity index (χ2n) is 4.90. The highest BCUT2D eigenvalue weighted by Crippen LogP contribution is 2.33. The highest BCUT2D eigenvalue weighted by molar-refractivity contribution is 5.73. The summed E-state index contributed by atoms with van der Waals surface area (Å²) >= 11 is 0. The van der Waals surface area contributed by atoms with Crippen LogP contribution in [0.5, 0.6) is 17.2 Å². The summed E-state index contributed by atoms with van der Waals surface area (Å²) in [7, 11) is 1.64. The number of hydrogen-bond acceptors (Lipinski definition) is 3. The minimum absolute atomic E-state index is 0.685. The number of hydrogen-bond donors (Lipinski definition) is 1. The fourth-order valence-electron chi connectivity index (χ4n) is 2.27. The molecule has 22 heavy (non-hydrogen) atoms. The van der Waals surface area contributed by atoms with Crippen LogP contribution < -0.4 is 15.2 Å². The summed E-state index contributed by atoms with van der Waals surface area (Å²) in [6, 6.07) is 23.3. The van der Waals surface area contributed by atoms with E-state index in [1.165, 1.54) is 0 Å². The minimum Gasteiger partial charge on any atom is -0.496 e. The Bertz CT molecular complexity index is 752. The molecule has 0 atom stereocenters. The Morgan fingerprint density at radius 1 is 0.773 bits per heavy atom. The van der Waals surface area contributed by atoms with Crippen molar-refractivity contribution in [2.75, 3.05) is 12.8 Å². The van der Waals surface area contributed by atoms with E-state index < -0.39 is 0 Å². The normalized spacial score (nSPS) is 10.2. The van der Waals surface area contributed by atoms with Gasteiger partial charge in [0.2, 0.25) is 0 Å². The molecule has 3 aromatic rings. The van der Waals surface area contributed by atoms with E-state index in [9.17, 15) is 0 Å². The number of nitrogens with two attached hydrogens (primary N) is 1. The number of ether oxygens (including phenoxy) is 2. The van der Waals surface area contributed by atoms with Crippen LogP contribution in [-0.4, -0.2) is 7.11 Å². The Morgan fingerprint density at radius 3 is 2.14 bits per heavy atom. The van der Waals surface area contributed by atoms with Crippen molar-refractivity contribution >= 4 is 5.69 Å². The second-order valence-corrected chi connectivity index (χ2v) is 4.90. The summed E-state index contributed by atoms with van der Waals surface area (Å²) < 4.78 is 11.2. The van der Waals surface area contributed by atoms with Crippen molar-refractivity contribution in [3.8, 4) is 28.4 Å². The summed E-state index contributed by atoms with van der Waals surface area (Å²) in [6.45, 7) is 0. The Hall–Kier alpha value is -2.94. The van der Waals surface area contributed by atoms with Crippen LogP contribution >= 0.6 is 0 Å². The van der Waals surface area contributed by atoms with Crippen LogP contribution in [0.1, 0.15) is 0 Å². The van der Waals surface area contributed by atoms with Crippen molar-refractivity contribution in [3.63, 3.8) is 0 Å². The molecular weight excluding hydrogens is 274 g/mol. The summed E-state index contributed by atoms with van der Waals surface area (Å²) in [5.41, 5.74) is 8.53. The number of nitrogen functional groups attached to an aromatic ring is 1. The number of benzene rings is 3. The lowest BCUT2D eigenvalue weighted by molar-refractivity contribution is 0.416. The van der Waals surface area contributed by atoms with Gasteiger partial charge in [-0.2, -0.15) is 0 Å². The van der Waals surface area contributed by atoms with Gasteiger partial charge in [0, 0.05) is 17.3 Å². The highest BCUT2D eigenvalue weighted by Gasteiger charge is 2.06. The van der Waals surface area contributed by atoms with Gasteiger partial charge in [0.1, 0.15) is 17.2 Å². The predicted molar refractivity (Wildman–Crippen MR) is 89.4 cm³/mol. The molecule has 0 fully saturated rings. The van der Waals surface area contributed by atoms with Gasteiger partial charge in [-0.1, -0.05) is 30.3 Å². The molecule has 0 spiro atoms. The molecule has 3 aromatic carbocycles. The Morgan fingerprint density at radius 2 is 1.45 bits per heavy atom. The van der Waals surface area contributed by atoms with Crippen molar-refractivity contribution in [2.24, 2.45) is 0 Å². The number of rotatable bonds is 4. The van der Waals surface area contributed by atoms with Crippen LogP contribution in [0, 0.1) is 0 Å². The predicted octanol–water partition coefficient (Wildman–Crippen LogP) is 4.74. The molecule has 3 heteroatoms. The molecule has 110 valence electrons. The van der Waals surface area contributed by atoms with Crippen molar-refractivity contribution in [3.05, 3.63) is 72.8 Å². The van der Waals surface area contributed by atoms with E-state index in [0.29, 0.717) is 5.69 Å². The third-order valence-corrected chi connectivity index (χ3v) is 3.37. The first kappa shape index (κ1) is 14.0. The maximum absolute atomic E-state index is 5.79. The van der Waals surface area contributed by atoms with Crippen LogP contribution in [0.15, 0.2) is 72.8 Å². The Labute approximate surface area is 129 Å². The van der Waals surface area contributed by atoms with Gasteiger partial charge in [-0.25, -0.2) is 0 Å². The minimum atomic E-state index is 0.685. The average molecular weight is 291 g/mol. The molecule has 0 heterocycles. The first-order valence-corrected chi connectivity index (χ1v) is 7.03. The zero-order valence-corrected chi connectivity index (χ0v) is 12.3. The quantitative estimate of drug-likeness (QED) is 0.706. The van der Waals surface area contributed by atoms with Crippen LogP contribution in [0.25, 0.3) is 11.1 Å². The van der Waals surface area contributed by atoms with Gasteiger partial charge in [-0.3, -0.25) is 0 Å². The van der Waals surface area contributed by atoms with E-state index in [4.69, 9.17) is 15.2 Å². The summed E-state index contributed by atoms with van der Waals surface area (Å²) in [5.74, 6) is 2.38. The number of anilines is 1. The average Bonchev–Trinajstić information content (AvgIpc) is 2.56. The molecule has 0 aromatic heterocycles. The van der Waals surface area contributed by atoms with Crippen LogP contribution in [0.2, 0.25) is 0 Å². The lowest BCUT2D eigenvalue weighted by atomic mass is 10.0. The van der Waals surface area contributed by atoms with Crippen molar-refractivity contribution < 1.29 is 9.47 Å². The largest absolute Gasteiger partial charge is 0.496 e. The molecule has 3 rings (SSSR count). The molecule has 0 aliphatic rings. The summed E-state index contributed by atoms with van der Waals surface area (Å²) in [4.78, 5) is 0. The van der Waals surface area contributed by atoms with E-state index in [1.54, 1.807) is 7.11 Å². The zero-order valence-electron chi connectivity index (χ0n) is 12.3. The van der Waals surface area contributed by atoms with Gasteiger partial charge in [-0.15, -0.1) is 0 Å². The maximum Gasteiger partial charge on any atom is 0.128 e. The first-order valence-electron chi connectivity index (χ1n) is 7.03. The molecule has 3 nitrogen and oxygen atoms in total. The summed E-state index contributed by atoms with van der Waals surface area (Å²) in [5, 5.41) is 0. The van der Waals surface area contributed by atoms with E-state index in [0.717, 1.165) is 28.4 Å². The molecule has 0 aliphatic heterocycles. The molecule has 0 aliphatic carbocycles. The molecule has 2 N–H and O–H groups in total. The molecule has 0 saturated heterocycles. The molecular formula is C19H17NO2. The van der Waals surface area contributed by atoms with Crippen molar-refractivity contribution in [2.45, 2.75) is 0 Å². The topological polar surface area (TPSA) is 44.5 Å². The first-order chi connectivity index (χ1) is 10.8. The molecule has 0 radical (unpaired) electrons. The van der Waals surface area contributed by atoms with E-state index in [-0.39, 0.29) is 0 Å². The van der Waals surface area contributed by atoms with Gasteiger partial charge in [0.15, 0.2) is 0 Å². The molecule has 0 amide bonds. The van der Waals surface area contributed by atoms with Crippen molar-refractivity contribution in [1.82, 2.24) is 0 Å². The fourth-order valence-corrected chi connectivity index (χ4v) is 2.27. The fraction of sp³-hybridized carbons (Fsp3) is 0.0526. The van der Waals surface area contributed by atoms with Crippen LogP contribution in [0.3, 0.4) is 0 Å². The van der Waals surface area contributed by atoms with E-state index >= 15 is 0 Å². The Balaban J connectivity index is 1.85. The smallest absolute Gasteiger partial charge is 0.128 e. The highest BCUT2D eigenvalue weighted by atomic mass is 16.5. The summed E-state index contributed by atoms with van der Waals surface area (Å²) in [6.07, 6.45) is 0. The molecule has 0 saturated carbocycles. The van der Waals surface area contributed by atoms with E-state index in [1.807, 2.05) is 72.8 Å². The lowest BCUT2D eigenvalue weighted by Gasteiger charge is -2.11. The van der Waals surface area contributed by atoms with E-state index in [2.05, 4.69) is 0 Å². The van der Waals surface area contributed by atoms with Gasteiger partial charge in [-0.05, 0) is 42.0 Å². The van der Waals surface area contributed by atoms with Crippen LogP contribution in [0.4, 0.5) is 5.69 Å². The monoisotopic (exact) mass is 291 g/mol. The second kappa shape index (κ2) is 6.22. The Kier molecular flexibility index (Phi) is 3.97. The van der Waals surface area contributed by atoms with Gasteiger partial charge >= 0.3 is 0 Å². The molecule has 0 unspecified atom stereocenters. The number of para-hydroxylation sites is 1. The number of methoxy groups -OCH3 is 1. The van der Waals surface area contributed by atoms with Gasteiger partial charge in [0.05, 0.1) is 7.11 Å². The van der Waals surface area contributed by atoms with Crippen LogP contribution in [-0.2, 0) is 0 Å². The zero-order chi connectivity index (χ0) is 15.4. The standard InChI is InChI=1S/C19H17NO2/c1-21-19-13-15(20)9-12-18(19)14-7-10-17(11-8-14)22-16-5-3-2-4-6-16/h2-13H,20H2,1H3. The van der Waals surface area contributed by atoms with Gasteiger partial charge < -0.3 is 15.2 Å². The SMILES string of the molecule is COc1cc(N)ccc1-c1ccc(Oc2ccccc2)cc1. The lowest BCUT2D eigenvalue weighted by Crippen LogP contribution is -1.91. The van der Waals surface area contributed by atoms with Gasteiger partial charge in [0.25, 0.3) is 0 Å². The van der Waals surface area contributed by atoms with Crippen molar-refractivity contribution in [1.29, 1.82) is 0 Å².